The van der Waals surface area contributed by atoms with E-state index in [1.807, 2.05) is 0 Å². The molecule has 1 N–H and O–H groups in total. The average Bonchev–Trinajstić information content (AvgIpc) is 2.86. The maximum Gasteiger partial charge on any atom is 0.0483 e. The number of rotatable bonds is 4. The molecule has 1 heterocycles. The Morgan fingerprint density at radius 3 is 2.55 bits per heavy atom. The molecule has 2 nitrogen and oxygen atoms in total. The molecule has 0 atom stereocenters. The van der Waals surface area contributed by atoms with Crippen molar-refractivity contribution in [1.29, 1.82) is 0 Å². The maximum absolute atomic E-state index is 3.47. The van der Waals surface area contributed by atoms with E-state index in [2.05, 4.69) is 78.5 Å². The molecule has 102 valence electrons. The molecule has 0 amide bonds. The van der Waals surface area contributed by atoms with Crippen LogP contribution in [0, 0.1) is 13.8 Å². The fourth-order valence-electron chi connectivity index (χ4n) is 2.56. The van der Waals surface area contributed by atoms with Crippen LogP contribution in [0.1, 0.15) is 11.1 Å². The summed E-state index contributed by atoms with van der Waals surface area (Å²) in [7, 11) is 0. The summed E-state index contributed by atoms with van der Waals surface area (Å²) in [6, 6.07) is 17.2. The zero-order chi connectivity index (χ0) is 13.9. The minimum Gasteiger partial charge on any atom is -0.383 e. The summed E-state index contributed by atoms with van der Waals surface area (Å²) in [6.07, 6.45) is 2.18. The molecular formula is C18H20N2. The molecule has 0 bridgehead atoms. The standard InChI is InChI=1S/C18H20N2/c1-14-6-8-16(9-7-14)19-11-13-20-12-10-17-15(2)4-3-5-18(17)20/h3-10,12,19H,11,13H2,1-2H3. The number of hydrogen-bond acceptors (Lipinski definition) is 1. The van der Waals surface area contributed by atoms with Gasteiger partial charge >= 0.3 is 0 Å². The van der Waals surface area contributed by atoms with E-state index in [-0.39, 0.29) is 0 Å². The van der Waals surface area contributed by atoms with Gasteiger partial charge in [-0.2, -0.15) is 0 Å². The van der Waals surface area contributed by atoms with Crippen LogP contribution in [0.4, 0.5) is 5.69 Å². The lowest BCUT2D eigenvalue weighted by Crippen LogP contribution is -2.09. The number of aromatic nitrogens is 1. The highest BCUT2D eigenvalue weighted by molar-refractivity contribution is 5.83. The van der Waals surface area contributed by atoms with Crippen molar-refractivity contribution in [2.24, 2.45) is 0 Å². The van der Waals surface area contributed by atoms with E-state index in [0.717, 1.165) is 13.1 Å². The minimum absolute atomic E-state index is 0.931. The van der Waals surface area contributed by atoms with Gasteiger partial charge < -0.3 is 9.88 Å². The van der Waals surface area contributed by atoms with Gasteiger partial charge in [0.15, 0.2) is 0 Å². The zero-order valence-corrected chi connectivity index (χ0v) is 12.1. The molecule has 0 spiro atoms. The molecule has 0 fully saturated rings. The second-order valence-corrected chi connectivity index (χ2v) is 5.31. The van der Waals surface area contributed by atoms with Gasteiger partial charge in [0.1, 0.15) is 0 Å². The van der Waals surface area contributed by atoms with Crippen LogP contribution in [0.2, 0.25) is 0 Å². The van der Waals surface area contributed by atoms with Crippen LogP contribution in [-0.2, 0) is 6.54 Å². The Labute approximate surface area is 120 Å². The number of hydrogen-bond donors (Lipinski definition) is 1. The number of anilines is 1. The lowest BCUT2D eigenvalue weighted by Gasteiger charge is -2.09. The van der Waals surface area contributed by atoms with Crippen LogP contribution in [-0.4, -0.2) is 11.1 Å². The van der Waals surface area contributed by atoms with Crippen LogP contribution in [0.15, 0.2) is 54.7 Å². The van der Waals surface area contributed by atoms with Crippen LogP contribution in [0.5, 0.6) is 0 Å². The quantitative estimate of drug-likeness (QED) is 0.740. The largest absolute Gasteiger partial charge is 0.383 e. The molecular weight excluding hydrogens is 244 g/mol. The number of benzene rings is 2. The van der Waals surface area contributed by atoms with E-state index in [4.69, 9.17) is 0 Å². The first-order chi connectivity index (χ1) is 9.74. The topological polar surface area (TPSA) is 17.0 Å². The number of fused-ring (bicyclic) bond motifs is 1. The van der Waals surface area contributed by atoms with Crippen molar-refractivity contribution in [3.05, 3.63) is 65.9 Å². The third-order valence-electron chi connectivity index (χ3n) is 3.77. The average molecular weight is 264 g/mol. The predicted octanol–water partition coefficient (Wildman–Crippen LogP) is 4.37. The fraction of sp³-hybridized carbons (Fsp3) is 0.222. The summed E-state index contributed by atoms with van der Waals surface area (Å²) in [5.74, 6) is 0. The molecule has 1 aromatic heterocycles. The summed E-state index contributed by atoms with van der Waals surface area (Å²) < 4.78 is 2.31. The zero-order valence-electron chi connectivity index (χ0n) is 12.1. The van der Waals surface area contributed by atoms with Gasteiger partial charge in [-0.25, -0.2) is 0 Å². The molecule has 2 aromatic carbocycles. The molecule has 0 aliphatic heterocycles. The Kier molecular flexibility index (Phi) is 3.46. The van der Waals surface area contributed by atoms with Crippen LogP contribution in [0.3, 0.4) is 0 Å². The number of nitrogens with one attached hydrogen (secondary N) is 1. The van der Waals surface area contributed by atoms with Crippen molar-refractivity contribution in [2.45, 2.75) is 20.4 Å². The summed E-state index contributed by atoms with van der Waals surface area (Å²) in [5, 5.41) is 4.82. The molecule has 2 heteroatoms. The fourth-order valence-corrected chi connectivity index (χ4v) is 2.56. The Balaban J connectivity index is 1.68. The van der Waals surface area contributed by atoms with Gasteiger partial charge in [-0.05, 0) is 43.7 Å². The van der Waals surface area contributed by atoms with E-state index in [9.17, 15) is 0 Å². The van der Waals surface area contributed by atoms with Gasteiger partial charge in [0, 0.05) is 35.9 Å². The molecule has 3 aromatic rings. The van der Waals surface area contributed by atoms with E-state index >= 15 is 0 Å². The van der Waals surface area contributed by atoms with Crippen molar-refractivity contribution in [3.8, 4) is 0 Å². The van der Waals surface area contributed by atoms with Gasteiger partial charge in [0.25, 0.3) is 0 Å². The summed E-state index contributed by atoms with van der Waals surface area (Å²) in [5.41, 5.74) is 5.13. The van der Waals surface area contributed by atoms with E-state index in [0.29, 0.717) is 0 Å². The summed E-state index contributed by atoms with van der Waals surface area (Å²) in [4.78, 5) is 0. The Hall–Kier alpha value is -2.22. The highest BCUT2D eigenvalue weighted by atomic mass is 15.0. The number of nitrogens with zero attached hydrogens (tertiary/aromatic N) is 1. The van der Waals surface area contributed by atoms with E-state index < -0.39 is 0 Å². The summed E-state index contributed by atoms with van der Waals surface area (Å²) in [6.45, 7) is 6.18. The van der Waals surface area contributed by atoms with Crippen molar-refractivity contribution < 1.29 is 0 Å². The van der Waals surface area contributed by atoms with Gasteiger partial charge in [-0.3, -0.25) is 0 Å². The van der Waals surface area contributed by atoms with Crippen molar-refractivity contribution in [1.82, 2.24) is 4.57 Å². The predicted molar refractivity (Wildman–Crippen MR) is 86.3 cm³/mol. The van der Waals surface area contributed by atoms with Crippen LogP contribution >= 0.6 is 0 Å². The number of aryl methyl sites for hydroxylation is 2. The molecule has 0 unspecified atom stereocenters. The first kappa shape index (κ1) is 12.8. The lowest BCUT2D eigenvalue weighted by molar-refractivity contribution is 0.757. The van der Waals surface area contributed by atoms with Crippen molar-refractivity contribution >= 4 is 16.6 Å². The summed E-state index contributed by atoms with van der Waals surface area (Å²) >= 11 is 0. The Morgan fingerprint density at radius 2 is 1.75 bits per heavy atom. The molecule has 0 aliphatic carbocycles. The van der Waals surface area contributed by atoms with Gasteiger partial charge in [0.2, 0.25) is 0 Å². The first-order valence-corrected chi connectivity index (χ1v) is 7.09. The normalized spacial score (nSPS) is 10.9. The Bertz CT molecular complexity index is 708. The van der Waals surface area contributed by atoms with Crippen LogP contribution < -0.4 is 5.32 Å². The SMILES string of the molecule is Cc1ccc(NCCn2ccc3c(C)cccc32)cc1. The first-order valence-electron chi connectivity index (χ1n) is 7.09. The van der Waals surface area contributed by atoms with Gasteiger partial charge in [-0.1, -0.05) is 29.8 Å². The molecule has 0 aliphatic rings. The van der Waals surface area contributed by atoms with Gasteiger partial charge in [-0.15, -0.1) is 0 Å². The molecule has 20 heavy (non-hydrogen) atoms. The highest BCUT2D eigenvalue weighted by Crippen LogP contribution is 2.19. The molecule has 0 saturated heterocycles. The van der Waals surface area contributed by atoms with Crippen LogP contribution in [0.25, 0.3) is 10.9 Å². The second kappa shape index (κ2) is 5.41. The van der Waals surface area contributed by atoms with Crippen molar-refractivity contribution in [2.75, 3.05) is 11.9 Å². The maximum atomic E-state index is 3.47. The third kappa shape index (κ3) is 2.55. The Morgan fingerprint density at radius 1 is 0.950 bits per heavy atom. The molecule has 0 radical (unpaired) electrons. The van der Waals surface area contributed by atoms with E-state index in [1.54, 1.807) is 0 Å². The third-order valence-corrected chi connectivity index (χ3v) is 3.77. The highest BCUT2D eigenvalue weighted by Gasteiger charge is 2.02. The van der Waals surface area contributed by atoms with Crippen molar-refractivity contribution in [3.63, 3.8) is 0 Å². The molecule has 0 saturated carbocycles. The smallest absolute Gasteiger partial charge is 0.0483 e. The van der Waals surface area contributed by atoms with E-state index in [1.165, 1.54) is 27.7 Å². The molecule has 3 rings (SSSR count). The lowest BCUT2D eigenvalue weighted by atomic mass is 10.1. The monoisotopic (exact) mass is 264 g/mol. The second-order valence-electron chi connectivity index (χ2n) is 5.31. The van der Waals surface area contributed by atoms with Gasteiger partial charge in [0.05, 0.1) is 0 Å². The minimum atomic E-state index is 0.931.